The summed E-state index contributed by atoms with van der Waals surface area (Å²) in [6.07, 6.45) is -5.94. The smallest absolute Gasteiger partial charge is 0.407 e. The van der Waals surface area contributed by atoms with E-state index in [1.165, 1.54) is 18.2 Å². The van der Waals surface area contributed by atoms with E-state index in [0.29, 0.717) is 13.0 Å². The maximum absolute atomic E-state index is 14.1. The average Bonchev–Trinajstić information content (AvgIpc) is 3.72. The van der Waals surface area contributed by atoms with Gasteiger partial charge in [0.15, 0.2) is 6.29 Å². The third-order valence-electron chi connectivity index (χ3n) is 8.23. The zero-order valence-electron chi connectivity index (χ0n) is 26.4. The number of alkyl halides is 3. The number of anilines is 1. The molecule has 4 N–H and O–H groups in total. The fourth-order valence-electron chi connectivity index (χ4n) is 5.92. The molecule has 2 amide bonds. The van der Waals surface area contributed by atoms with Crippen LogP contribution < -0.4 is 16.0 Å². The number of sulfonamides is 1. The molecule has 262 valence electrons. The molecule has 5 rings (SSSR count). The summed E-state index contributed by atoms with van der Waals surface area (Å²) in [5.74, 6) is -0.972. The number of hydrogen-bond donors (Lipinski definition) is 4. The van der Waals surface area contributed by atoms with Gasteiger partial charge in [0.05, 0.1) is 41.7 Å². The van der Waals surface area contributed by atoms with Gasteiger partial charge in [0.1, 0.15) is 12.6 Å². The first-order valence-corrected chi connectivity index (χ1v) is 17.0. The molecule has 0 aliphatic carbocycles. The van der Waals surface area contributed by atoms with Crippen molar-refractivity contribution in [2.75, 3.05) is 38.2 Å². The van der Waals surface area contributed by atoms with Gasteiger partial charge in [-0.05, 0) is 42.5 Å². The molecule has 3 aliphatic heterocycles. The first-order valence-electron chi connectivity index (χ1n) is 15.6. The van der Waals surface area contributed by atoms with Crippen LogP contribution in [0.2, 0.25) is 0 Å². The predicted molar refractivity (Wildman–Crippen MR) is 168 cm³/mol. The number of halogens is 3. The lowest BCUT2D eigenvalue weighted by atomic mass is 10.0. The quantitative estimate of drug-likeness (QED) is 0.231. The molecule has 5 unspecified atom stereocenters. The van der Waals surface area contributed by atoms with Gasteiger partial charge in [-0.3, -0.25) is 4.79 Å². The lowest BCUT2D eigenvalue weighted by Crippen LogP contribution is -2.51. The van der Waals surface area contributed by atoms with Gasteiger partial charge in [-0.25, -0.2) is 13.2 Å². The Morgan fingerprint density at radius 1 is 1.17 bits per heavy atom. The molecule has 12 nitrogen and oxygen atoms in total. The Hall–Kier alpha value is -3.70. The SMILES string of the molecule is CC(C)CN(CC(O)C(Cc1ccccc1)NC(=O)OC1COC2OCCC12)S(=O)(=O)c1ccc2c(c1)C(=CNCC(F)(F)F)C(=O)N2. The van der Waals surface area contributed by atoms with Gasteiger partial charge in [0.2, 0.25) is 10.0 Å². The summed E-state index contributed by atoms with van der Waals surface area (Å²) in [6, 6.07) is 11.9. The summed E-state index contributed by atoms with van der Waals surface area (Å²) in [5.41, 5.74) is 0.972. The minimum atomic E-state index is -4.53. The van der Waals surface area contributed by atoms with Crippen LogP contribution >= 0.6 is 0 Å². The maximum Gasteiger partial charge on any atom is 0.407 e. The summed E-state index contributed by atoms with van der Waals surface area (Å²) >= 11 is 0. The third-order valence-corrected chi connectivity index (χ3v) is 10.1. The largest absolute Gasteiger partial charge is 0.443 e. The van der Waals surface area contributed by atoms with Crippen molar-refractivity contribution in [2.45, 2.75) is 62.3 Å². The molecule has 16 heteroatoms. The first-order chi connectivity index (χ1) is 22.7. The van der Waals surface area contributed by atoms with Crippen molar-refractivity contribution >= 4 is 33.3 Å². The van der Waals surface area contributed by atoms with E-state index in [1.807, 2.05) is 18.2 Å². The molecule has 3 aliphatic rings. The molecule has 5 atom stereocenters. The highest BCUT2D eigenvalue weighted by molar-refractivity contribution is 7.89. The standard InChI is InChI=1S/C32H39F3N4O8S/c1-19(2)15-39(48(43,44)21-8-9-25-23(13-21)24(29(41)37-25)14-36-18-32(33,34)35)16-27(40)26(12-20-6-4-3-5-7-20)38-31(42)47-28-17-46-30-22(28)10-11-45-30/h3-9,13-14,19,22,26-28,30,36,40H,10-12,15-18H2,1-2H3,(H,37,41)(H,38,42). The van der Waals surface area contributed by atoms with Gasteiger partial charge < -0.3 is 35.3 Å². The normalized spacial score (nSPS) is 22.8. The molecule has 2 saturated heterocycles. The summed E-state index contributed by atoms with van der Waals surface area (Å²) in [6.45, 7) is 2.47. The molecule has 3 heterocycles. The topological polar surface area (TPSA) is 156 Å². The highest BCUT2D eigenvalue weighted by Crippen LogP contribution is 2.35. The lowest BCUT2D eigenvalue weighted by molar-refractivity contribution is -0.123. The summed E-state index contributed by atoms with van der Waals surface area (Å²) < 4.78 is 84.0. The van der Waals surface area contributed by atoms with Crippen molar-refractivity contribution in [1.29, 1.82) is 0 Å². The van der Waals surface area contributed by atoms with Crippen LogP contribution in [0.1, 0.15) is 31.4 Å². The lowest BCUT2D eigenvalue weighted by Gasteiger charge is -2.31. The number of carbonyl (C=O) groups excluding carboxylic acids is 2. The number of rotatable bonds is 13. The second kappa shape index (κ2) is 14.8. The molecular weight excluding hydrogens is 657 g/mol. The van der Waals surface area contributed by atoms with E-state index in [9.17, 15) is 36.3 Å². The summed E-state index contributed by atoms with van der Waals surface area (Å²) in [5, 5.41) is 18.8. The Balaban J connectivity index is 1.36. The van der Waals surface area contributed by atoms with Gasteiger partial charge in [0, 0.05) is 30.5 Å². The van der Waals surface area contributed by atoms with Crippen molar-refractivity contribution in [1.82, 2.24) is 14.9 Å². The van der Waals surface area contributed by atoms with E-state index in [2.05, 4.69) is 16.0 Å². The number of nitrogens with zero attached hydrogens (tertiary/aromatic N) is 1. The Labute approximate surface area is 276 Å². The van der Waals surface area contributed by atoms with Gasteiger partial charge in [-0.2, -0.15) is 17.5 Å². The van der Waals surface area contributed by atoms with Crippen molar-refractivity contribution in [3.05, 3.63) is 65.9 Å². The predicted octanol–water partition coefficient (Wildman–Crippen LogP) is 3.24. The van der Waals surface area contributed by atoms with Gasteiger partial charge >= 0.3 is 12.3 Å². The van der Waals surface area contributed by atoms with E-state index >= 15 is 0 Å². The Morgan fingerprint density at radius 2 is 1.92 bits per heavy atom. The minimum absolute atomic E-state index is 0.00548. The van der Waals surface area contributed by atoms with Crippen molar-refractivity contribution in [2.24, 2.45) is 11.8 Å². The molecule has 48 heavy (non-hydrogen) atoms. The zero-order chi connectivity index (χ0) is 34.6. The fraction of sp³-hybridized carbons (Fsp3) is 0.500. The van der Waals surface area contributed by atoms with E-state index < -0.39 is 65.8 Å². The molecule has 0 aromatic heterocycles. The molecule has 0 saturated carbocycles. The van der Waals surface area contributed by atoms with E-state index in [0.717, 1.165) is 16.1 Å². The number of amides is 2. The number of ether oxygens (including phenoxy) is 3. The second-order valence-corrected chi connectivity index (χ2v) is 14.3. The number of alkyl carbamates (subject to hydrolysis) is 1. The van der Waals surface area contributed by atoms with Crippen LogP contribution in [0.25, 0.3) is 5.57 Å². The van der Waals surface area contributed by atoms with Gasteiger partial charge in [0.25, 0.3) is 5.91 Å². The van der Waals surface area contributed by atoms with Gasteiger partial charge in [-0.15, -0.1) is 0 Å². The highest BCUT2D eigenvalue weighted by Gasteiger charge is 2.44. The molecule has 2 fully saturated rings. The van der Waals surface area contributed by atoms with E-state index in [-0.39, 0.29) is 53.1 Å². The Morgan fingerprint density at radius 3 is 2.62 bits per heavy atom. The Kier molecular flexibility index (Phi) is 11.0. The minimum Gasteiger partial charge on any atom is -0.443 e. The number of hydrogen-bond acceptors (Lipinski definition) is 9. The van der Waals surface area contributed by atoms with Crippen LogP contribution in [0.5, 0.6) is 0 Å². The summed E-state index contributed by atoms with van der Waals surface area (Å²) in [7, 11) is -4.33. The van der Waals surface area contributed by atoms with Crippen LogP contribution in [-0.4, -0.2) is 93.4 Å². The van der Waals surface area contributed by atoms with Crippen LogP contribution in [-0.2, 0) is 35.4 Å². The number of aliphatic hydroxyl groups excluding tert-OH is 1. The Bertz CT molecular complexity index is 1610. The number of nitrogens with one attached hydrogen (secondary N) is 3. The van der Waals surface area contributed by atoms with E-state index in [4.69, 9.17) is 14.2 Å². The molecule has 2 aromatic carbocycles. The first kappa shape index (κ1) is 35.6. The number of aliphatic hydroxyl groups is 1. The van der Waals surface area contributed by atoms with Crippen LogP contribution in [0.3, 0.4) is 0 Å². The molecule has 2 aromatic rings. The van der Waals surface area contributed by atoms with Gasteiger partial charge in [-0.1, -0.05) is 44.2 Å². The third kappa shape index (κ3) is 8.66. The van der Waals surface area contributed by atoms with Crippen LogP contribution in [0.4, 0.5) is 23.7 Å². The average molecular weight is 697 g/mol. The molecular formula is C32H39F3N4O8S. The molecule has 0 bridgehead atoms. The highest BCUT2D eigenvalue weighted by atomic mass is 32.2. The maximum atomic E-state index is 14.1. The monoisotopic (exact) mass is 696 g/mol. The second-order valence-electron chi connectivity index (χ2n) is 12.4. The van der Waals surface area contributed by atoms with Crippen molar-refractivity contribution in [3.8, 4) is 0 Å². The van der Waals surface area contributed by atoms with Crippen LogP contribution in [0, 0.1) is 11.8 Å². The fourth-order valence-corrected chi connectivity index (χ4v) is 7.57. The summed E-state index contributed by atoms with van der Waals surface area (Å²) in [4.78, 5) is 25.4. The number of benzene rings is 2. The van der Waals surface area contributed by atoms with Crippen molar-refractivity contribution < 1.29 is 50.5 Å². The number of carbonyl (C=O) groups is 2. The number of fused-ring (bicyclic) bond motifs is 2. The van der Waals surface area contributed by atoms with E-state index in [1.54, 1.807) is 26.0 Å². The van der Waals surface area contributed by atoms with Crippen molar-refractivity contribution in [3.63, 3.8) is 0 Å². The van der Waals surface area contributed by atoms with Crippen LogP contribution in [0.15, 0.2) is 59.6 Å². The zero-order valence-corrected chi connectivity index (χ0v) is 27.2. The molecule has 0 radical (unpaired) electrons. The molecule has 0 spiro atoms.